The second-order valence-electron chi connectivity index (χ2n) is 10.0. The summed E-state index contributed by atoms with van der Waals surface area (Å²) >= 11 is 6.52. The first kappa shape index (κ1) is 27.2. The molecule has 0 aromatic heterocycles. The molecule has 9 heteroatoms. The average Bonchev–Trinajstić information content (AvgIpc) is 3.40. The van der Waals surface area contributed by atoms with Gasteiger partial charge in [-0.15, -0.1) is 0 Å². The van der Waals surface area contributed by atoms with Crippen LogP contribution in [0.4, 0.5) is 13.2 Å². The maximum absolute atomic E-state index is 15.3. The highest BCUT2D eigenvalue weighted by Crippen LogP contribution is 2.39. The molecule has 0 spiro atoms. The zero-order chi connectivity index (χ0) is 27.7. The van der Waals surface area contributed by atoms with Crippen LogP contribution in [0.15, 0.2) is 48.5 Å². The molecule has 2 aliphatic rings. The molecule has 3 aromatic carbocycles. The lowest BCUT2D eigenvalue weighted by Crippen LogP contribution is -2.36. The molecule has 0 radical (unpaired) electrons. The van der Waals surface area contributed by atoms with Crippen LogP contribution in [-0.2, 0) is 19.6 Å². The minimum absolute atomic E-state index is 0.0104. The third-order valence-electron chi connectivity index (χ3n) is 7.63. The van der Waals surface area contributed by atoms with Crippen LogP contribution >= 0.6 is 11.6 Å². The van der Waals surface area contributed by atoms with Crippen LogP contribution in [0.3, 0.4) is 0 Å². The van der Waals surface area contributed by atoms with E-state index < -0.39 is 23.5 Å². The summed E-state index contributed by atoms with van der Waals surface area (Å²) in [6.45, 7) is 2.54. The Labute approximate surface area is 230 Å². The summed E-state index contributed by atoms with van der Waals surface area (Å²) in [6, 6.07) is 15.4. The van der Waals surface area contributed by atoms with Crippen molar-refractivity contribution in [1.29, 1.82) is 5.26 Å². The molecule has 3 aromatic rings. The van der Waals surface area contributed by atoms with Crippen LogP contribution in [0.5, 0.6) is 5.75 Å². The van der Waals surface area contributed by atoms with E-state index in [1.807, 2.05) is 12.1 Å². The van der Waals surface area contributed by atoms with Crippen LogP contribution in [0, 0.1) is 28.9 Å². The van der Waals surface area contributed by atoms with E-state index >= 15 is 4.39 Å². The quantitative estimate of drug-likeness (QED) is 0.244. The third kappa shape index (κ3) is 5.53. The zero-order valence-corrected chi connectivity index (χ0v) is 22.1. The molecule has 1 atom stereocenters. The first-order valence-electron chi connectivity index (χ1n) is 12.8. The average molecular weight is 554 g/mol. The number of methoxy groups -OCH3 is 1. The van der Waals surface area contributed by atoms with Gasteiger partial charge in [0, 0.05) is 41.7 Å². The normalized spacial score (nSPS) is 17.0. The number of nitriles is 1. The summed E-state index contributed by atoms with van der Waals surface area (Å²) in [6.07, 6.45) is -0.469. The molecule has 0 N–H and O–H groups in total. The number of carbonyl (C=O) groups is 1. The van der Waals surface area contributed by atoms with Gasteiger partial charge in [0.2, 0.25) is 5.82 Å². The van der Waals surface area contributed by atoms with Gasteiger partial charge in [0.15, 0.2) is 23.6 Å². The van der Waals surface area contributed by atoms with Crippen LogP contribution in [0.25, 0.3) is 0 Å². The number of rotatable bonds is 7. The third-order valence-corrected chi connectivity index (χ3v) is 7.97. The number of hydrogen-bond acceptors (Lipinski definition) is 5. The van der Waals surface area contributed by atoms with Gasteiger partial charge in [-0.2, -0.15) is 9.65 Å². The molecule has 1 unspecified atom stereocenters. The number of benzene rings is 3. The summed E-state index contributed by atoms with van der Waals surface area (Å²) < 4.78 is 48.8. The van der Waals surface area contributed by atoms with Crippen LogP contribution in [0.2, 0.25) is 5.02 Å². The van der Waals surface area contributed by atoms with E-state index in [2.05, 4.69) is 11.0 Å². The molecule has 1 saturated heterocycles. The number of halogens is 4. The molecule has 39 heavy (non-hydrogen) atoms. The van der Waals surface area contributed by atoms with E-state index in [-0.39, 0.29) is 30.5 Å². The molecule has 5 nitrogen and oxygen atoms in total. The van der Waals surface area contributed by atoms with E-state index in [0.717, 1.165) is 25.2 Å². The molecule has 2 aliphatic heterocycles. The Morgan fingerprint density at radius 2 is 1.82 bits per heavy atom. The van der Waals surface area contributed by atoms with E-state index in [1.54, 1.807) is 24.3 Å². The largest absolute Gasteiger partial charge is 0.494 e. The molecule has 0 amide bonds. The molecular formula is C30H27ClF3N3O2. The highest BCUT2D eigenvalue weighted by molar-refractivity contribution is 6.32. The number of carbonyl (C=O) groups excluding carboxylic acids is 1. The summed E-state index contributed by atoms with van der Waals surface area (Å²) in [5, 5.41) is 9.33. The van der Waals surface area contributed by atoms with Crippen molar-refractivity contribution >= 4 is 17.4 Å². The number of piperidine rings is 1. The lowest BCUT2D eigenvalue weighted by molar-refractivity contribution is 0.0756. The minimum Gasteiger partial charge on any atom is -0.494 e. The first-order chi connectivity index (χ1) is 18.8. The predicted molar refractivity (Wildman–Crippen MR) is 141 cm³/mol. The molecule has 5 rings (SSSR count). The van der Waals surface area contributed by atoms with Crippen molar-refractivity contribution < 1.29 is 22.7 Å². The number of Topliss-reactive ketones (excluding diaryl/α,β-unsaturated/α-hetero) is 1. The predicted octanol–water partition coefficient (Wildman–Crippen LogP) is 6.58. The monoisotopic (exact) mass is 553 g/mol. The van der Waals surface area contributed by atoms with E-state index in [9.17, 15) is 13.6 Å². The van der Waals surface area contributed by atoms with Crippen molar-refractivity contribution in [2.75, 3.05) is 20.2 Å². The Bertz CT molecular complexity index is 1430. The molecule has 202 valence electrons. The van der Waals surface area contributed by atoms with Gasteiger partial charge in [0.1, 0.15) is 0 Å². The Morgan fingerprint density at radius 3 is 2.49 bits per heavy atom. The van der Waals surface area contributed by atoms with Crippen LogP contribution in [0.1, 0.15) is 57.3 Å². The highest BCUT2D eigenvalue weighted by atomic mass is 35.5. The Hall–Kier alpha value is -3.38. The van der Waals surface area contributed by atoms with E-state index in [4.69, 9.17) is 21.6 Å². The fraction of sp³-hybridized carbons (Fsp3) is 0.333. The molecular weight excluding hydrogens is 527 g/mol. The first-order valence-corrected chi connectivity index (χ1v) is 13.1. The number of nitrogens with zero attached hydrogens (tertiary/aromatic N) is 3. The maximum atomic E-state index is 15.3. The van der Waals surface area contributed by atoms with Gasteiger partial charge >= 0.3 is 0 Å². The van der Waals surface area contributed by atoms with Gasteiger partial charge in [0.05, 0.1) is 18.7 Å². The number of likely N-dealkylation sites (tertiary alicyclic amines) is 1. The Balaban J connectivity index is 1.23. The number of ketones is 1. The van der Waals surface area contributed by atoms with Gasteiger partial charge in [0.25, 0.3) is 0 Å². The number of ether oxygens (including phenoxy) is 1. The second kappa shape index (κ2) is 11.4. The SMILES string of the molecule is COc1ccc(C(F)N2Cc3cc(C(=O)C4CCN(Cc5ccc(C#N)cc5)CC4)cc(Cl)c3C2)c(F)c1F. The van der Waals surface area contributed by atoms with Crippen molar-refractivity contribution in [1.82, 2.24) is 9.80 Å². The Kier molecular flexibility index (Phi) is 7.94. The summed E-state index contributed by atoms with van der Waals surface area (Å²) in [5.41, 5.74) is 3.22. The van der Waals surface area contributed by atoms with Crippen molar-refractivity contribution in [3.8, 4) is 11.8 Å². The topological polar surface area (TPSA) is 56.6 Å². The maximum Gasteiger partial charge on any atom is 0.201 e. The fourth-order valence-electron chi connectivity index (χ4n) is 5.41. The van der Waals surface area contributed by atoms with Gasteiger partial charge in [-0.3, -0.25) is 14.6 Å². The molecule has 0 bridgehead atoms. The number of alkyl halides is 1. The van der Waals surface area contributed by atoms with Crippen LogP contribution in [-0.4, -0.2) is 35.8 Å². The number of fused-ring (bicyclic) bond motifs is 1. The summed E-state index contributed by atoms with van der Waals surface area (Å²) in [5.74, 6) is -2.94. The van der Waals surface area contributed by atoms with Crippen molar-refractivity contribution in [2.45, 2.75) is 38.8 Å². The highest BCUT2D eigenvalue weighted by Gasteiger charge is 2.33. The second-order valence-corrected chi connectivity index (χ2v) is 10.5. The summed E-state index contributed by atoms with van der Waals surface area (Å²) in [4.78, 5) is 17.0. The van der Waals surface area contributed by atoms with E-state index in [0.29, 0.717) is 40.1 Å². The minimum atomic E-state index is -1.89. The lowest BCUT2D eigenvalue weighted by atomic mass is 9.88. The van der Waals surface area contributed by atoms with Crippen molar-refractivity contribution in [2.24, 2.45) is 5.92 Å². The smallest absolute Gasteiger partial charge is 0.201 e. The zero-order valence-electron chi connectivity index (χ0n) is 21.4. The lowest BCUT2D eigenvalue weighted by Gasteiger charge is -2.31. The van der Waals surface area contributed by atoms with Gasteiger partial charge < -0.3 is 4.74 Å². The standard InChI is InChI=1S/C30H27ClF3N3O2/c1-39-26-7-6-23(27(32)28(26)33)30(34)37-16-22-12-21(13-25(31)24(22)17-37)29(38)20-8-10-36(11-9-20)15-19-4-2-18(14-35)3-5-19/h2-7,12-13,20,30H,8-11,15-17H2,1H3. The number of hydrogen-bond donors (Lipinski definition) is 0. The molecule has 0 aliphatic carbocycles. The fourth-order valence-corrected chi connectivity index (χ4v) is 5.71. The Morgan fingerprint density at radius 1 is 1.10 bits per heavy atom. The van der Waals surface area contributed by atoms with Gasteiger partial charge in [-0.25, -0.2) is 8.78 Å². The van der Waals surface area contributed by atoms with E-state index in [1.165, 1.54) is 24.1 Å². The molecule has 1 fully saturated rings. The summed E-state index contributed by atoms with van der Waals surface area (Å²) in [7, 11) is 1.21. The van der Waals surface area contributed by atoms with Crippen molar-refractivity contribution in [3.05, 3.63) is 98.6 Å². The molecule has 2 heterocycles. The van der Waals surface area contributed by atoms with Gasteiger partial charge in [-0.1, -0.05) is 23.7 Å². The van der Waals surface area contributed by atoms with Crippen molar-refractivity contribution in [3.63, 3.8) is 0 Å². The van der Waals surface area contributed by atoms with Crippen LogP contribution < -0.4 is 4.74 Å². The molecule has 0 saturated carbocycles. The van der Waals surface area contributed by atoms with Gasteiger partial charge in [-0.05, 0) is 79.0 Å².